The van der Waals surface area contributed by atoms with Crippen molar-refractivity contribution in [1.82, 2.24) is 0 Å². The monoisotopic (exact) mass is 201 g/mol. The molecule has 0 amide bonds. The smallest absolute Gasteiger partial charge is 0.131 e. The van der Waals surface area contributed by atoms with Crippen LogP contribution >= 0.6 is 0 Å². The van der Waals surface area contributed by atoms with E-state index in [1.54, 1.807) is 12.1 Å². The molecular weight excluding hydrogens is 189 g/mol. The second-order valence-electron chi connectivity index (χ2n) is 3.38. The summed E-state index contributed by atoms with van der Waals surface area (Å²) in [7, 11) is 0. The molecule has 0 fully saturated rings. The van der Waals surface area contributed by atoms with Crippen molar-refractivity contribution in [3.63, 3.8) is 0 Å². The lowest BCUT2D eigenvalue weighted by molar-refractivity contribution is 0.631. The third-order valence-corrected chi connectivity index (χ3v) is 2.37. The van der Waals surface area contributed by atoms with Gasteiger partial charge in [0.05, 0.1) is 0 Å². The van der Waals surface area contributed by atoms with Crippen molar-refractivity contribution in [2.75, 3.05) is 0 Å². The number of nitrogens with two attached hydrogens (primary N) is 1. The van der Waals surface area contributed by atoms with Crippen LogP contribution in [-0.2, 0) is 6.54 Å². The number of rotatable bonds is 2. The maximum atomic E-state index is 13.4. The van der Waals surface area contributed by atoms with Crippen LogP contribution in [-0.4, -0.2) is 0 Å². The average Bonchev–Trinajstić information content (AvgIpc) is 2.30. The highest BCUT2D eigenvalue weighted by Crippen LogP contribution is 2.22. The summed E-state index contributed by atoms with van der Waals surface area (Å²) in [5.74, 6) is -0.196. The number of benzene rings is 2. The zero-order chi connectivity index (χ0) is 10.7. The molecule has 2 N–H and O–H groups in total. The molecule has 0 saturated heterocycles. The topological polar surface area (TPSA) is 26.0 Å². The van der Waals surface area contributed by atoms with Gasteiger partial charge in [-0.2, -0.15) is 0 Å². The van der Waals surface area contributed by atoms with Crippen LogP contribution in [0.2, 0.25) is 0 Å². The van der Waals surface area contributed by atoms with Gasteiger partial charge in [-0.1, -0.05) is 42.5 Å². The zero-order valence-corrected chi connectivity index (χ0v) is 8.28. The van der Waals surface area contributed by atoms with Crippen LogP contribution in [0, 0.1) is 5.82 Å². The van der Waals surface area contributed by atoms with Gasteiger partial charge in [0.15, 0.2) is 0 Å². The zero-order valence-electron chi connectivity index (χ0n) is 8.28. The number of hydrogen-bond donors (Lipinski definition) is 1. The lowest BCUT2D eigenvalue weighted by Gasteiger charge is -2.04. The van der Waals surface area contributed by atoms with E-state index >= 15 is 0 Å². The van der Waals surface area contributed by atoms with E-state index in [2.05, 4.69) is 0 Å². The second-order valence-corrected chi connectivity index (χ2v) is 3.38. The van der Waals surface area contributed by atoms with Crippen molar-refractivity contribution in [1.29, 1.82) is 0 Å². The van der Waals surface area contributed by atoms with Crippen molar-refractivity contribution in [2.45, 2.75) is 6.54 Å². The van der Waals surface area contributed by atoms with Crippen LogP contribution in [0.1, 0.15) is 5.56 Å². The molecule has 2 aromatic rings. The largest absolute Gasteiger partial charge is 0.326 e. The standard InChI is InChI=1S/C13H12FN/c14-13-4-2-1-3-12(13)11-7-5-10(9-15)6-8-11/h1-8H,9,15H2. The molecule has 2 rings (SSSR count). The minimum absolute atomic E-state index is 0.196. The van der Waals surface area contributed by atoms with Gasteiger partial charge in [0.1, 0.15) is 5.82 Å². The minimum Gasteiger partial charge on any atom is -0.326 e. The first kappa shape index (κ1) is 9.87. The summed E-state index contributed by atoms with van der Waals surface area (Å²) in [5, 5.41) is 0. The van der Waals surface area contributed by atoms with E-state index in [-0.39, 0.29) is 5.82 Å². The van der Waals surface area contributed by atoms with Gasteiger partial charge in [0.25, 0.3) is 0 Å². The summed E-state index contributed by atoms with van der Waals surface area (Å²) < 4.78 is 13.4. The van der Waals surface area contributed by atoms with Gasteiger partial charge >= 0.3 is 0 Å². The van der Waals surface area contributed by atoms with E-state index in [1.807, 2.05) is 30.3 Å². The summed E-state index contributed by atoms with van der Waals surface area (Å²) in [6.45, 7) is 0.511. The van der Waals surface area contributed by atoms with E-state index in [9.17, 15) is 4.39 Å². The van der Waals surface area contributed by atoms with E-state index < -0.39 is 0 Å². The van der Waals surface area contributed by atoms with Gasteiger partial charge in [-0.15, -0.1) is 0 Å². The van der Waals surface area contributed by atoms with E-state index in [4.69, 9.17) is 5.73 Å². The molecule has 2 aromatic carbocycles. The Hall–Kier alpha value is -1.67. The summed E-state index contributed by atoms with van der Waals surface area (Å²) >= 11 is 0. The van der Waals surface area contributed by atoms with Crippen LogP contribution in [0.3, 0.4) is 0 Å². The molecule has 0 aliphatic heterocycles. The van der Waals surface area contributed by atoms with E-state index in [0.29, 0.717) is 12.1 Å². The third-order valence-electron chi connectivity index (χ3n) is 2.37. The molecule has 76 valence electrons. The summed E-state index contributed by atoms with van der Waals surface area (Å²) in [4.78, 5) is 0. The molecule has 0 unspecified atom stereocenters. The molecule has 0 saturated carbocycles. The Morgan fingerprint density at radius 1 is 0.933 bits per heavy atom. The minimum atomic E-state index is -0.196. The van der Waals surface area contributed by atoms with Gasteiger partial charge in [-0.3, -0.25) is 0 Å². The molecule has 1 nitrogen and oxygen atoms in total. The molecule has 0 aliphatic carbocycles. The quantitative estimate of drug-likeness (QED) is 0.794. The maximum absolute atomic E-state index is 13.4. The molecule has 0 atom stereocenters. The van der Waals surface area contributed by atoms with Crippen molar-refractivity contribution in [3.8, 4) is 11.1 Å². The van der Waals surface area contributed by atoms with Crippen molar-refractivity contribution >= 4 is 0 Å². The molecule has 0 aliphatic rings. The Labute approximate surface area is 88.4 Å². The normalized spacial score (nSPS) is 10.3. The molecule has 0 radical (unpaired) electrons. The fraction of sp³-hybridized carbons (Fsp3) is 0.0769. The van der Waals surface area contributed by atoms with E-state index in [1.165, 1.54) is 6.07 Å². The van der Waals surface area contributed by atoms with Crippen LogP contribution in [0.15, 0.2) is 48.5 Å². The molecule has 0 heterocycles. The summed E-state index contributed by atoms with van der Waals surface area (Å²) in [6.07, 6.45) is 0. The summed E-state index contributed by atoms with van der Waals surface area (Å²) in [6, 6.07) is 14.4. The predicted molar refractivity (Wildman–Crippen MR) is 59.7 cm³/mol. The third kappa shape index (κ3) is 2.05. The Balaban J connectivity index is 2.42. The number of hydrogen-bond acceptors (Lipinski definition) is 1. The highest BCUT2D eigenvalue weighted by atomic mass is 19.1. The lowest BCUT2D eigenvalue weighted by atomic mass is 10.0. The van der Waals surface area contributed by atoms with Gasteiger partial charge in [0, 0.05) is 12.1 Å². The fourth-order valence-corrected chi connectivity index (χ4v) is 1.52. The Morgan fingerprint density at radius 3 is 2.20 bits per heavy atom. The van der Waals surface area contributed by atoms with Gasteiger partial charge < -0.3 is 5.73 Å². The summed E-state index contributed by atoms with van der Waals surface area (Å²) in [5.41, 5.74) is 8.05. The van der Waals surface area contributed by atoms with Gasteiger partial charge in [-0.25, -0.2) is 4.39 Å². The molecule has 2 heteroatoms. The van der Waals surface area contributed by atoms with Gasteiger partial charge in [-0.05, 0) is 17.2 Å². The first-order valence-electron chi connectivity index (χ1n) is 4.85. The Bertz CT molecular complexity index is 448. The van der Waals surface area contributed by atoms with E-state index in [0.717, 1.165) is 11.1 Å². The molecular formula is C13H12FN. The van der Waals surface area contributed by atoms with Crippen molar-refractivity contribution in [3.05, 3.63) is 59.9 Å². The predicted octanol–water partition coefficient (Wildman–Crippen LogP) is 2.95. The average molecular weight is 201 g/mol. The van der Waals surface area contributed by atoms with Crippen molar-refractivity contribution < 1.29 is 4.39 Å². The molecule has 0 aromatic heterocycles. The Morgan fingerprint density at radius 2 is 1.60 bits per heavy atom. The Kier molecular flexibility index (Phi) is 2.79. The van der Waals surface area contributed by atoms with Crippen molar-refractivity contribution in [2.24, 2.45) is 5.73 Å². The maximum Gasteiger partial charge on any atom is 0.131 e. The van der Waals surface area contributed by atoms with Crippen LogP contribution in [0.25, 0.3) is 11.1 Å². The highest BCUT2D eigenvalue weighted by molar-refractivity contribution is 5.64. The first-order valence-corrected chi connectivity index (χ1v) is 4.85. The van der Waals surface area contributed by atoms with Gasteiger partial charge in [0.2, 0.25) is 0 Å². The lowest BCUT2D eigenvalue weighted by Crippen LogP contribution is -1.95. The first-order chi connectivity index (χ1) is 7.31. The second kappa shape index (κ2) is 4.24. The van der Waals surface area contributed by atoms with Crippen LogP contribution < -0.4 is 5.73 Å². The molecule has 15 heavy (non-hydrogen) atoms. The van der Waals surface area contributed by atoms with Crippen LogP contribution in [0.5, 0.6) is 0 Å². The molecule has 0 spiro atoms. The SMILES string of the molecule is NCc1ccc(-c2ccccc2F)cc1. The highest BCUT2D eigenvalue weighted by Gasteiger charge is 2.02. The number of halogens is 1. The fourth-order valence-electron chi connectivity index (χ4n) is 1.52. The molecule has 0 bridgehead atoms. The van der Waals surface area contributed by atoms with Crippen LogP contribution in [0.4, 0.5) is 4.39 Å².